The average Bonchev–Trinajstić information content (AvgIpc) is 3.75. The van der Waals surface area contributed by atoms with Crippen molar-refractivity contribution in [3.8, 4) is 17.3 Å². The van der Waals surface area contributed by atoms with Crippen molar-refractivity contribution in [2.24, 2.45) is 0 Å². The second kappa shape index (κ2) is 14.1. The summed E-state index contributed by atoms with van der Waals surface area (Å²) in [6, 6.07) is 17.7. The van der Waals surface area contributed by atoms with Crippen LogP contribution in [0.15, 0.2) is 77.3 Å². The van der Waals surface area contributed by atoms with Gasteiger partial charge in [-0.05, 0) is 56.7 Å². The number of hydrogen-bond acceptors (Lipinski definition) is 9. The summed E-state index contributed by atoms with van der Waals surface area (Å²) < 4.78 is 63.9. The van der Waals surface area contributed by atoms with Gasteiger partial charge in [-0.25, -0.2) is 8.78 Å². The van der Waals surface area contributed by atoms with Gasteiger partial charge in [-0.3, -0.25) is 9.97 Å². The van der Waals surface area contributed by atoms with Crippen LogP contribution in [-0.4, -0.2) is 39.0 Å². The molecule has 0 spiro atoms. The molecule has 45 heavy (non-hydrogen) atoms. The summed E-state index contributed by atoms with van der Waals surface area (Å²) in [5.41, 5.74) is 1.15. The molecule has 0 atom stereocenters. The summed E-state index contributed by atoms with van der Waals surface area (Å²) >= 11 is 0.827. The van der Waals surface area contributed by atoms with E-state index in [1.165, 1.54) is 18.2 Å². The minimum Gasteiger partial charge on any atom is -0.569 e. The first kappa shape index (κ1) is 33.4. The van der Waals surface area contributed by atoms with Gasteiger partial charge in [0.1, 0.15) is 17.6 Å². The third-order valence-corrected chi connectivity index (χ3v) is 6.65. The Hall–Kier alpha value is -4.45. The number of alkyl halides is 3. The van der Waals surface area contributed by atoms with Crippen molar-refractivity contribution in [1.82, 2.24) is 30.0 Å². The normalized spacial score (nSPS) is 13.9. The Balaban J connectivity index is 0.000000203. The van der Waals surface area contributed by atoms with Crippen molar-refractivity contribution in [3.05, 3.63) is 116 Å². The molecular weight excluding hydrogens is 794 g/mol. The number of halogens is 5. The van der Waals surface area contributed by atoms with E-state index in [0.717, 1.165) is 35.3 Å². The minimum atomic E-state index is -4.58. The van der Waals surface area contributed by atoms with Crippen LogP contribution in [0.5, 0.6) is 0 Å². The molecular formula is C29H19F5IrN9S-5. The van der Waals surface area contributed by atoms with Gasteiger partial charge in [0.05, 0.1) is 11.1 Å². The maximum Gasteiger partial charge on any atom is 0.431 e. The van der Waals surface area contributed by atoms with Crippen molar-refractivity contribution in [2.45, 2.75) is 16.2 Å². The molecule has 16 heteroatoms. The van der Waals surface area contributed by atoms with E-state index in [1.54, 1.807) is 0 Å². The largest absolute Gasteiger partial charge is 0.569 e. The van der Waals surface area contributed by atoms with E-state index in [2.05, 4.69) is 38.4 Å². The number of benzene rings is 1. The van der Waals surface area contributed by atoms with Crippen LogP contribution in [0.4, 0.5) is 33.3 Å². The van der Waals surface area contributed by atoms with E-state index in [4.69, 9.17) is 0 Å². The average molecular weight is 813 g/mol. The molecule has 0 fully saturated rings. The van der Waals surface area contributed by atoms with E-state index < -0.39 is 23.8 Å². The van der Waals surface area contributed by atoms with Gasteiger partial charge in [-0.15, -0.1) is 35.6 Å². The summed E-state index contributed by atoms with van der Waals surface area (Å²) in [6.45, 7) is 3.87. The monoisotopic (exact) mass is 813 g/mol. The molecule has 0 aliphatic carbocycles. The molecule has 9 nitrogen and oxygen atoms in total. The summed E-state index contributed by atoms with van der Waals surface area (Å²) in [5, 5.41) is 15.9. The fraction of sp³-hybridized carbons (Fsp3) is 0.103. The first-order valence-corrected chi connectivity index (χ1v) is 13.3. The number of nitriles is 1. The van der Waals surface area contributed by atoms with Crippen LogP contribution in [0.2, 0.25) is 0 Å². The SMILES string of the molecule is CN1C=CN(c2[c-]c(N3C=CN(C)[CH-]3)cc(C#N)c2)[CH-]1.Fc1c[c-]c(-c2cccc(Sc3cc(C(F)(F)F)n[n-]3)n2)c(F)n1.[Ir]. The molecule has 0 N–H and O–H groups in total. The maximum atomic E-state index is 13.7. The summed E-state index contributed by atoms with van der Waals surface area (Å²) in [4.78, 5) is 14.9. The summed E-state index contributed by atoms with van der Waals surface area (Å²) in [6.07, 6.45) is 3.18. The number of rotatable bonds is 5. The molecule has 5 heterocycles. The van der Waals surface area contributed by atoms with Crippen molar-refractivity contribution < 1.29 is 42.1 Å². The number of aromatic nitrogens is 4. The van der Waals surface area contributed by atoms with Gasteiger partial charge in [0, 0.05) is 20.1 Å². The summed E-state index contributed by atoms with van der Waals surface area (Å²) in [7, 11) is 3.91. The zero-order valence-corrected chi connectivity index (χ0v) is 26.4. The van der Waals surface area contributed by atoms with Gasteiger partial charge >= 0.3 is 6.18 Å². The van der Waals surface area contributed by atoms with E-state index in [0.29, 0.717) is 5.56 Å². The van der Waals surface area contributed by atoms with E-state index in [9.17, 15) is 27.2 Å². The van der Waals surface area contributed by atoms with Crippen LogP contribution in [0.25, 0.3) is 11.3 Å². The maximum absolute atomic E-state index is 13.7. The third-order valence-electron chi connectivity index (χ3n) is 5.81. The first-order valence-electron chi connectivity index (χ1n) is 12.5. The Morgan fingerprint density at radius 3 is 2.11 bits per heavy atom. The Kier molecular flexibility index (Phi) is 10.5. The number of anilines is 2. The van der Waals surface area contributed by atoms with Crippen molar-refractivity contribution in [3.63, 3.8) is 0 Å². The standard InChI is InChI=1S/C15H14N5.C14H5F5N4S.Ir/c1-17-3-5-19(11-17)14-7-13(10-16)8-15(9-14)20-6-4-18(2)12-20;15-10-5-4-7(13(16)21-10)8-2-1-3-11(20-8)24-12-6-9(22-23-12)14(17,18)19;/h3-8,11-12H,1-2H3;1-3,5-6H;/q-3;-2;. The van der Waals surface area contributed by atoms with Gasteiger partial charge < -0.3 is 29.8 Å². The predicted molar refractivity (Wildman–Crippen MR) is 150 cm³/mol. The minimum absolute atomic E-state index is 0. The topological polar surface area (TPSA) is 89.5 Å². The van der Waals surface area contributed by atoms with Crippen molar-refractivity contribution in [1.29, 1.82) is 5.26 Å². The zero-order chi connectivity index (χ0) is 31.4. The quantitative estimate of drug-likeness (QED) is 0.140. The molecule has 2 aliphatic heterocycles. The second-order valence-corrected chi connectivity index (χ2v) is 10.2. The van der Waals surface area contributed by atoms with E-state index >= 15 is 0 Å². The van der Waals surface area contributed by atoms with Gasteiger partial charge in [0.2, 0.25) is 0 Å². The first-order chi connectivity index (χ1) is 21.0. The molecule has 3 aromatic heterocycles. The Labute approximate surface area is 273 Å². The molecule has 2 aliphatic rings. The molecule has 0 bridgehead atoms. The van der Waals surface area contributed by atoms with Crippen LogP contribution in [-0.2, 0) is 26.3 Å². The molecule has 1 aromatic carbocycles. The molecule has 0 saturated carbocycles. The second-order valence-electron chi connectivity index (χ2n) is 9.14. The fourth-order valence-electron chi connectivity index (χ4n) is 3.80. The van der Waals surface area contributed by atoms with Gasteiger partial charge in [0.15, 0.2) is 0 Å². The Bertz CT molecular complexity index is 1710. The number of pyridine rings is 2. The smallest absolute Gasteiger partial charge is 0.431 e. The predicted octanol–water partition coefficient (Wildman–Crippen LogP) is 5.78. The third kappa shape index (κ3) is 8.39. The molecule has 235 valence electrons. The molecule has 6 rings (SSSR count). The van der Waals surface area contributed by atoms with Crippen LogP contribution in [0.3, 0.4) is 0 Å². The van der Waals surface area contributed by atoms with Gasteiger partial charge in [0.25, 0.3) is 0 Å². The van der Waals surface area contributed by atoms with Gasteiger partial charge in [-0.1, -0.05) is 46.1 Å². The summed E-state index contributed by atoms with van der Waals surface area (Å²) in [5.74, 6) is -2.11. The Morgan fingerprint density at radius 1 is 0.956 bits per heavy atom. The van der Waals surface area contributed by atoms with Crippen LogP contribution in [0, 0.1) is 48.7 Å². The van der Waals surface area contributed by atoms with E-state index in [1.807, 2.05) is 84.0 Å². The number of nitrogens with zero attached hydrogens (tertiary/aromatic N) is 9. The zero-order valence-electron chi connectivity index (χ0n) is 23.2. The van der Waals surface area contributed by atoms with Crippen molar-refractivity contribution in [2.75, 3.05) is 23.9 Å². The van der Waals surface area contributed by atoms with Crippen molar-refractivity contribution >= 4 is 23.1 Å². The van der Waals surface area contributed by atoms with Crippen LogP contribution in [0.1, 0.15) is 11.3 Å². The van der Waals surface area contributed by atoms with Gasteiger partial charge in [-0.2, -0.15) is 31.8 Å². The molecule has 4 aromatic rings. The number of hydrogen-bond donors (Lipinski definition) is 0. The van der Waals surface area contributed by atoms with Crippen LogP contribution < -0.4 is 14.9 Å². The fourth-order valence-corrected chi connectivity index (χ4v) is 4.56. The molecule has 0 saturated heterocycles. The van der Waals surface area contributed by atoms with Crippen LogP contribution >= 0.6 is 11.8 Å². The Morgan fingerprint density at radius 2 is 1.60 bits per heavy atom. The molecule has 1 radical (unpaired) electrons. The molecule has 0 amide bonds. The molecule has 0 unspecified atom stereocenters. The van der Waals surface area contributed by atoms with E-state index in [-0.39, 0.29) is 41.4 Å².